The normalized spacial score (nSPS) is 10.4. The number of aryl methyl sites for hydroxylation is 2. The van der Waals surface area contributed by atoms with E-state index in [1.165, 1.54) is 24.4 Å². The van der Waals surface area contributed by atoms with Gasteiger partial charge in [0.15, 0.2) is 0 Å². The summed E-state index contributed by atoms with van der Waals surface area (Å²) >= 11 is 0. The molecular formula is C23H22FN3O2. The summed E-state index contributed by atoms with van der Waals surface area (Å²) in [6, 6.07) is 15.1. The zero-order chi connectivity index (χ0) is 20.8. The highest BCUT2D eigenvalue weighted by molar-refractivity contribution is 6.04. The Kier molecular flexibility index (Phi) is 6.34. The number of carbonyl (C=O) groups is 2. The lowest BCUT2D eigenvalue weighted by molar-refractivity contribution is 0.0954. The third-order valence-corrected chi connectivity index (χ3v) is 4.66. The van der Waals surface area contributed by atoms with E-state index in [1.54, 1.807) is 18.2 Å². The third kappa shape index (κ3) is 5.25. The molecular weight excluding hydrogens is 369 g/mol. The first-order chi connectivity index (χ1) is 13.9. The number of nitrogens with one attached hydrogen (secondary N) is 2. The van der Waals surface area contributed by atoms with Gasteiger partial charge in [-0.25, -0.2) is 4.39 Å². The second-order valence-corrected chi connectivity index (χ2v) is 6.78. The molecule has 0 bridgehead atoms. The zero-order valence-electron chi connectivity index (χ0n) is 16.3. The summed E-state index contributed by atoms with van der Waals surface area (Å²) < 4.78 is 13.6. The molecule has 148 valence electrons. The molecule has 6 heteroatoms. The number of carbonyl (C=O) groups excluding carboxylic acids is 2. The molecule has 0 unspecified atom stereocenters. The van der Waals surface area contributed by atoms with Crippen LogP contribution in [0.1, 0.15) is 37.5 Å². The zero-order valence-corrected chi connectivity index (χ0v) is 16.3. The van der Waals surface area contributed by atoms with E-state index in [9.17, 15) is 14.0 Å². The van der Waals surface area contributed by atoms with Crippen LogP contribution < -0.4 is 10.6 Å². The van der Waals surface area contributed by atoms with Gasteiger partial charge in [0.2, 0.25) is 0 Å². The van der Waals surface area contributed by atoms with E-state index in [1.807, 2.05) is 32.0 Å². The minimum atomic E-state index is -0.394. The number of halogens is 1. The van der Waals surface area contributed by atoms with Crippen LogP contribution in [0.25, 0.3) is 0 Å². The summed E-state index contributed by atoms with van der Waals surface area (Å²) in [6.45, 7) is 4.25. The predicted molar refractivity (Wildman–Crippen MR) is 111 cm³/mol. The number of anilines is 1. The average molecular weight is 391 g/mol. The van der Waals surface area contributed by atoms with E-state index >= 15 is 0 Å². The number of nitrogens with zero attached hydrogens (tertiary/aromatic N) is 1. The number of aromatic nitrogens is 1. The molecule has 2 aromatic carbocycles. The van der Waals surface area contributed by atoms with Crippen LogP contribution in [-0.2, 0) is 6.42 Å². The summed E-state index contributed by atoms with van der Waals surface area (Å²) in [6.07, 6.45) is 1.80. The number of rotatable bonds is 6. The topological polar surface area (TPSA) is 71.1 Å². The summed E-state index contributed by atoms with van der Waals surface area (Å²) in [5, 5.41) is 5.53. The van der Waals surface area contributed by atoms with Crippen molar-refractivity contribution in [2.24, 2.45) is 0 Å². The molecule has 0 radical (unpaired) electrons. The second kappa shape index (κ2) is 9.10. The van der Waals surface area contributed by atoms with E-state index in [0.29, 0.717) is 23.2 Å². The fraction of sp³-hybridized carbons (Fsp3) is 0.174. The quantitative estimate of drug-likeness (QED) is 0.666. The Labute approximate surface area is 169 Å². The van der Waals surface area contributed by atoms with Crippen molar-refractivity contribution < 1.29 is 14.0 Å². The fourth-order valence-electron chi connectivity index (χ4n) is 2.82. The van der Waals surface area contributed by atoms with Gasteiger partial charge in [0.25, 0.3) is 11.8 Å². The van der Waals surface area contributed by atoms with Crippen LogP contribution in [0.2, 0.25) is 0 Å². The van der Waals surface area contributed by atoms with Crippen LogP contribution in [0, 0.1) is 19.7 Å². The van der Waals surface area contributed by atoms with E-state index < -0.39 is 5.91 Å². The van der Waals surface area contributed by atoms with Crippen LogP contribution in [0.5, 0.6) is 0 Å². The Morgan fingerprint density at radius 3 is 2.52 bits per heavy atom. The van der Waals surface area contributed by atoms with Gasteiger partial charge in [0, 0.05) is 24.0 Å². The largest absolute Gasteiger partial charge is 0.352 e. The summed E-state index contributed by atoms with van der Waals surface area (Å²) in [5.41, 5.74) is 3.87. The maximum absolute atomic E-state index is 13.6. The molecule has 0 aliphatic heterocycles. The van der Waals surface area contributed by atoms with E-state index in [-0.39, 0.29) is 24.0 Å². The van der Waals surface area contributed by atoms with E-state index in [0.717, 1.165) is 11.1 Å². The molecule has 0 aliphatic rings. The van der Waals surface area contributed by atoms with Crippen molar-refractivity contribution in [2.75, 3.05) is 11.9 Å². The molecule has 3 rings (SSSR count). The Hall–Kier alpha value is -3.54. The van der Waals surface area contributed by atoms with Gasteiger partial charge in [-0.3, -0.25) is 14.6 Å². The van der Waals surface area contributed by atoms with Crippen LogP contribution in [-0.4, -0.2) is 23.3 Å². The Bertz CT molecular complexity index is 1050. The lowest BCUT2D eigenvalue weighted by atomic mass is 10.1. The van der Waals surface area contributed by atoms with Gasteiger partial charge in [0.05, 0.1) is 0 Å². The van der Waals surface area contributed by atoms with Gasteiger partial charge >= 0.3 is 0 Å². The maximum Gasteiger partial charge on any atom is 0.274 e. The van der Waals surface area contributed by atoms with Crippen molar-refractivity contribution in [2.45, 2.75) is 20.3 Å². The van der Waals surface area contributed by atoms with E-state index in [4.69, 9.17) is 0 Å². The molecule has 0 fully saturated rings. The fourth-order valence-corrected chi connectivity index (χ4v) is 2.82. The lowest BCUT2D eigenvalue weighted by Gasteiger charge is -2.09. The summed E-state index contributed by atoms with van der Waals surface area (Å²) in [5.74, 6) is -1.03. The predicted octanol–water partition coefficient (Wildman–Crippen LogP) is 4.06. The molecule has 2 amide bonds. The molecule has 0 atom stereocenters. The van der Waals surface area contributed by atoms with Crippen molar-refractivity contribution in [1.29, 1.82) is 0 Å². The first kappa shape index (κ1) is 20.2. The van der Waals surface area contributed by atoms with Crippen molar-refractivity contribution >= 4 is 17.5 Å². The maximum atomic E-state index is 13.6. The summed E-state index contributed by atoms with van der Waals surface area (Å²) in [4.78, 5) is 28.9. The number of amides is 2. The monoisotopic (exact) mass is 391 g/mol. The molecule has 5 nitrogen and oxygen atoms in total. The minimum absolute atomic E-state index is 0.144. The number of benzene rings is 2. The summed E-state index contributed by atoms with van der Waals surface area (Å²) in [7, 11) is 0. The third-order valence-electron chi connectivity index (χ3n) is 4.66. The molecule has 0 saturated heterocycles. The van der Waals surface area contributed by atoms with Crippen molar-refractivity contribution in [3.63, 3.8) is 0 Å². The molecule has 3 aromatic rings. The van der Waals surface area contributed by atoms with E-state index in [2.05, 4.69) is 15.6 Å². The van der Waals surface area contributed by atoms with Crippen molar-refractivity contribution in [3.05, 3.63) is 94.6 Å². The molecule has 29 heavy (non-hydrogen) atoms. The number of hydrogen-bond donors (Lipinski definition) is 2. The first-order valence-electron chi connectivity index (χ1n) is 9.30. The second-order valence-electron chi connectivity index (χ2n) is 6.78. The van der Waals surface area contributed by atoms with Crippen LogP contribution in [0.4, 0.5) is 10.1 Å². The van der Waals surface area contributed by atoms with Crippen LogP contribution >= 0.6 is 0 Å². The Balaban J connectivity index is 1.62. The van der Waals surface area contributed by atoms with Gasteiger partial charge in [-0.05, 0) is 67.3 Å². The van der Waals surface area contributed by atoms with Gasteiger partial charge in [-0.1, -0.05) is 24.3 Å². The molecule has 1 heterocycles. The van der Waals surface area contributed by atoms with Crippen LogP contribution in [0.3, 0.4) is 0 Å². The van der Waals surface area contributed by atoms with Gasteiger partial charge in [-0.2, -0.15) is 0 Å². The number of pyridine rings is 1. The molecule has 1 aromatic heterocycles. The van der Waals surface area contributed by atoms with Crippen molar-refractivity contribution in [3.8, 4) is 0 Å². The highest BCUT2D eigenvalue weighted by Gasteiger charge is 2.12. The Morgan fingerprint density at radius 2 is 1.76 bits per heavy atom. The SMILES string of the molecule is Cc1ccc(NC(=O)c2cc(C(=O)NCCc3ccccc3F)ccn2)cc1C. The van der Waals surface area contributed by atoms with Crippen LogP contribution in [0.15, 0.2) is 60.8 Å². The van der Waals surface area contributed by atoms with Crippen molar-refractivity contribution in [1.82, 2.24) is 10.3 Å². The lowest BCUT2D eigenvalue weighted by Crippen LogP contribution is -2.26. The minimum Gasteiger partial charge on any atom is -0.352 e. The molecule has 0 aliphatic carbocycles. The highest BCUT2D eigenvalue weighted by atomic mass is 19.1. The Morgan fingerprint density at radius 1 is 0.966 bits per heavy atom. The highest BCUT2D eigenvalue weighted by Crippen LogP contribution is 2.15. The van der Waals surface area contributed by atoms with Gasteiger partial charge in [-0.15, -0.1) is 0 Å². The van der Waals surface area contributed by atoms with Gasteiger partial charge < -0.3 is 10.6 Å². The van der Waals surface area contributed by atoms with Gasteiger partial charge in [0.1, 0.15) is 11.5 Å². The standard InChI is InChI=1S/C23H22FN3O2/c1-15-7-8-19(13-16(15)2)27-23(29)21-14-18(10-11-25-21)22(28)26-12-9-17-5-3-4-6-20(17)24/h3-8,10-11,13-14H,9,12H2,1-2H3,(H,26,28)(H,27,29). The molecule has 0 saturated carbocycles. The smallest absolute Gasteiger partial charge is 0.274 e. The average Bonchev–Trinajstić information content (AvgIpc) is 2.72. The number of hydrogen-bond acceptors (Lipinski definition) is 3. The molecule has 0 spiro atoms. The molecule has 2 N–H and O–H groups in total. The first-order valence-corrected chi connectivity index (χ1v) is 9.30.